The Balaban J connectivity index is 1.75. The van der Waals surface area contributed by atoms with Crippen LogP contribution < -0.4 is 0 Å². The van der Waals surface area contributed by atoms with Crippen LogP contribution in [0.4, 0.5) is 0 Å². The Bertz CT molecular complexity index is 616. The topological polar surface area (TPSA) is 37.3 Å². The zero-order chi connectivity index (χ0) is 13.9. The Hall–Kier alpha value is -1.57. The first-order valence-corrected chi connectivity index (χ1v) is 7.64. The highest BCUT2D eigenvalue weighted by Crippen LogP contribution is 2.57. The second kappa shape index (κ2) is 3.97. The summed E-state index contributed by atoms with van der Waals surface area (Å²) >= 11 is 0. The number of carbonyl (C=O) groups excluding carboxylic acids is 1. The molecule has 1 fully saturated rings. The molecule has 0 heterocycles. The SMILES string of the molecule is C[C@]12CC[C@@H]3c4ccc(O)cc4CC[C@H]3[C@@H]1C=CC2=O. The molecule has 0 saturated heterocycles. The van der Waals surface area contributed by atoms with Crippen LogP contribution in [0.2, 0.25) is 0 Å². The summed E-state index contributed by atoms with van der Waals surface area (Å²) in [6, 6.07) is 5.84. The number of benzene rings is 1. The monoisotopic (exact) mass is 268 g/mol. The predicted octanol–water partition coefficient (Wildman–Crippen LogP) is 3.59. The van der Waals surface area contributed by atoms with Crippen LogP contribution in [0.1, 0.15) is 43.2 Å². The van der Waals surface area contributed by atoms with Crippen LogP contribution in [-0.2, 0) is 11.2 Å². The van der Waals surface area contributed by atoms with Gasteiger partial charge in [-0.2, -0.15) is 0 Å². The lowest BCUT2D eigenvalue weighted by Gasteiger charge is -2.48. The molecular weight excluding hydrogens is 248 g/mol. The van der Waals surface area contributed by atoms with Crippen LogP contribution in [0.15, 0.2) is 30.4 Å². The van der Waals surface area contributed by atoms with Crippen molar-refractivity contribution in [2.75, 3.05) is 0 Å². The molecule has 0 radical (unpaired) electrons. The van der Waals surface area contributed by atoms with Gasteiger partial charge in [0.1, 0.15) is 5.75 Å². The minimum Gasteiger partial charge on any atom is -0.508 e. The summed E-state index contributed by atoms with van der Waals surface area (Å²) in [5, 5.41) is 9.65. The molecule has 3 aliphatic rings. The Kier molecular flexibility index (Phi) is 2.42. The molecule has 0 aromatic heterocycles. The van der Waals surface area contributed by atoms with Gasteiger partial charge in [0, 0.05) is 5.41 Å². The van der Waals surface area contributed by atoms with Crippen LogP contribution in [0.25, 0.3) is 0 Å². The minimum absolute atomic E-state index is 0.143. The molecule has 0 aliphatic heterocycles. The van der Waals surface area contributed by atoms with Gasteiger partial charge >= 0.3 is 0 Å². The van der Waals surface area contributed by atoms with E-state index >= 15 is 0 Å². The number of phenolic OH excluding ortho intramolecular Hbond substituents is 1. The Labute approximate surface area is 119 Å². The van der Waals surface area contributed by atoms with E-state index in [1.54, 1.807) is 0 Å². The molecule has 3 aliphatic carbocycles. The molecule has 1 N–H and O–H groups in total. The first-order valence-electron chi connectivity index (χ1n) is 7.64. The molecule has 0 unspecified atom stereocenters. The zero-order valence-corrected chi connectivity index (χ0v) is 11.8. The third-order valence-electron chi connectivity index (χ3n) is 5.98. The largest absolute Gasteiger partial charge is 0.508 e. The number of carbonyl (C=O) groups is 1. The van der Waals surface area contributed by atoms with E-state index in [9.17, 15) is 9.90 Å². The molecule has 20 heavy (non-hydrogen) atoms. The Morgan fingerprint density at radius 2 is 2.15 bits per heavy atom. The second-order valence-corrected chi connectivity index (χ2v) is 6.90. The summed E-state index contributed by atoms with van der Waals surface area (Å²) in [7, 11) is 0. The van der Waals surface area contributed by atoms with Gasteiger partial charge in [-0.05, 0) is 72.8 Å². The van der Waals surface area contributed by atoms with E-state index < -0.39 is 0 Å². The van der Waals surface area contributed by atoms with Crippen molar-refractivity contribution in [3.8, 4) is 5.75 Å². The van der Waals surface area contributed by atoms with Crippen molar-refractivity contribution in [1.29, 1.82) is 0 Å². The van der Waals surface area contributed by atoms with Gasteiger partial charge in [-0.15, -0.1) is 0 Å². The molecular formula is C18H20O2. The number of hydrogen-bond donors (Lipinski definition) is 1. The van der Waals surface area contributed by atoms with Crippen molar-refractivity contribution in [3.63, 3.8) is 0 Å². The van der Waals surface area contributed by atoms with Gasteiger partial charge in [0.25, 0.3) is 0 Å². The second-order valence-electron chi connectivity index (χ2n) is 6.90. The first-order chi connectivity index (χ1) is 9.59. The third kappa shape index (κ3) is 1.48. The molecule has 4 rings (SSSR count). The van der Waals surface area contributed by atoms with Crippen molar-refractivity contribution in [2.24, 2.45) is 17.3 Å². The van der Waals surface area contributed by atoms with Gasteiger partial charge < -0.3 is 5.11 Å². The van der Waals surface area contributed by atoms with Crippen LogP contribution in [0.5, 0.6) is 5.75 Å². The summed E-state index contributed by atoms with van der Waals surface area (Å²) < 4.78 is 0. The Morgan fingerprint density at radius 3 is 3.00 bits per heavy atom. The summed E-state index contributed by atoms with van der Waals surface area (Å²) in [6.07, 6.45) is 8.25. The van der Waals surface area contributed by atoms with Crippen LogP contribution in [0, 0.1) is 17.3 Å². The summed E-state index contributed by atoms with van der Waals surface area (Å²) in [6.45, 7) is 2.16. The predicted molar refractivity (Wildman–Crippen MR) is 77.6 cm³/mol. The molecule has 1 aromatic rings. The van der Waals surface area contributed by atoms with Crippen molar-refractivity contribution >= 4 is 5.78 Å². The van der Waals surface area contributed by atoms with Crippen LogP contribution in [0.3, 0.4) is 0 Å². The fourth-order valence-corrected chi connectivity index (χ4v) is 4.84. The molecule has 4 atom stereocenters. The fraction of sp³-hybridized carbons (Fsp3) is 0.500. The average Bonchev–Trinajstić information content (AvgIpc) is 2.74. The van der Waals surface area contributed by atoms with Gasteiger partial charge in [-0.1, -0.05) is 19.1 Å². The van der Waals surface area contributed by atoms with Gasteiger partial charge in [0.15, 0.2) is 5.78 Å². The Morgan fingerprint density at radius 1 is 1.30 bits per heavy atom. The molecule has 0 amide bonds. The van der Waals surface area contributed by atoms with E-state index in [0.29, 0.717) is 29.3 Å². The number of aromatic hydroxyl groups is 1. The molecule has 0 bridgehead atoms. The molecule has 0 spiro atoms. The summed E-state index contributed by atoms with van der Waals surface area (Å²) in [5.74, 6) is 2.27. The lowest BCUT2D eigenvalue weighted by Crippen LogP contribution is -2.42. The van der Waals surface area contributed by atoms with E-state index in [2.05, 4.69) is 19.1 Å². The quantitative estimate of drug-likeness (QED) is 0.780. The smallest absolute Gasteiger partial charge is 0.161 e. The van der Waals surface area contributed by atoms with Gasteiger partial charge in [-0.3, -0.25) is 4.79 Å². The maximum Gasteiger partial charge on any atom is 0.161 e. The zero-order valence-electron chi connectivity index (χ0n) is 11.8. The maximum absolute atomic E-state index is 12.2. The van der Waals surface area contributed by atoms with Crippen LogP contribution in [-0.4, -0.2) is 10.9 Å². The van der Waals surface area contributed by atoms with Crippen molar-refractivity contribution in [2.45, 2.75) is 38.5 Å². The highest BCUT2D eigenvalue weighted by molar-refractivity contribution is 5.97. The van der Waals surface area contributed by atoms with E-state index in [4.69, 9.17) is 0 Å². The third-order valence-corrected chi connectivity index (χ3v) is 5.98. The normalized spacial score (nSPS) is 38.2. The van der Waals surface area contributed by atoms with E-state index in [1.807, 2.05) is 18.2 Å². The highest BCUT2D eigenvalue weighted by atomic mass is 16.3. The molecule has 2 nitrogen and oxygen atoms in total. The first kappa shape index (κ1) is 12.2. The standard InChI is InChI=1S/C18H20O2/c1-18-9-8-14-13-5-3-12(19)10-11(13)2-4-15(14)16(18)6-7-17(18)20/h3,5-7,10,14-16,19H,2,4,8-9H2,1H3/t14-,15-,16+,18+/m1/s1. The number of ketones is 1. The molecule has 104 valence electrons. The van der Waals surface area contributed by atoms with Gasteiger partial charge in [-0.25, -0.2) is 0 Å². The van der Waals surface area contributed by atoms with E-state index in [0.717, 1.165) is 25.7 Å². The van der Waals surface area contributed by atoms with Crippen molar-refractivity contribution in [1.82, 2.24) is 0 Å². The fourth-order valence-electron chi connectivity index (χ4n) is 4.84. The number of phenols is 1. The lowest BCUT2D eigenvalue weighted by atomic mass is 9.55. The van der Waals surface area contributed by atoms with Crippen LogP contribution >= 0.6 is 0 Å². The maximum atomic E-state index is 12.2. The molecule has 1 saturated carbocycles. The summed E-state index contributed by atoms with van der Waals surface area (Å²) in [5.41, 5.74) is 2.58. The van der Waals surface area contributed by atoms with Crippen molar-refractivity contribution in [3.05, 3.63) is 41.5 Å². The average molecular weight is 268 g/mol. The summed E-state index contributed by atoms with van der Waals surface area (Å²) in [4.78, 5) is 12.2. The molecule has 2 heteroatoms. The number of allylic oxidation sites excluding steroid dienone is 2. The van der Waals surface area contributed by atoms with Gasteiger partial charge in [0.2, 0.25) is 0 Å². The number of aryl methyl sites for hydroxylation is 1. The number of rotatable bonds is 0. The van der Waals surface area contributed by atoms with E-state index in [1.165, 1.54) is 11.1 Å². The lowest BCUT2D eigenvalue weighted by molar-refractivity contribution is -0.126. The minimum atomic E-state index is -0.143. The molecule has 1 aromatic carbocycles. The number of hydrogen-bond acceptors (Lipinski definition) is 2. The van der Waals surface area contributed by atoms with Crippen molar-refractivity contribution < 1.29 is 9.90 Å². The highest BCUT2D eigenvalue weighted by Gasteiger charge is 2.52. The van der Waals surface area contributed by atoms with Gasteiger partial charge in [0.05, 0.1) is 0 Å². The number of fused-ring (bicyclic) bond motifs is 5. The van der Waals surface area contributed by atoms with E-state index in [-0.39, 0.29) is 5.41 Å².